The van der Waals surface area contributed by atoms with Gasteiger partial charge in [0.05, 0.1) is 19.3 Å². The van der Waals surface area contributed by atoms with Crippen molar-refractivity contribution in [2.24, 2.45) is 0 Å². The fraction of sp³-hybridized carbons (Fsp3) is 0.316. The maximum atomic E-state index is 12.1. The largest absolute Gasteiger partial charge is 0.378 e. The minimum absolute atomic E-state index is 0.0365. The van der Waals surface area contributed by atoms with Crippen molar-refractivity contribution in [3.63, 3.8) is 0 Å². The maximum Gasteiger partial charge on any atom is 0.244 e. The van der Waals surface area contributed by atoms with E-state index in [1.165, 1.54) is 5.69 Å². The number of hydrogen-bond donors (Lipinski definition) is 1. The van der Waals surface area contributed by atoms with Gasteiger partial charge in [0.1, 0.15) is 0 Å². The Bertz CT molecular complexity index is 691. The topological polar surface area (TPSA) is 41.6 Å². The average Bonchev–Trinajstić information content (AvgIpc) is 3.14. The van der Waals surface area contributed by atoms with Crippen molar-refractivity contribution < 1.29 is 9.53 Å². The summed E-state index contributed by atoms with van der Waals surface area (Å²) in [5, 5.41) is 7.03. The number of nitrogens with zero attached hydrogens (tertiary/aromatic N) is 1. The van der Waals surface area contributed by atoms with Gasteiger partial charge in [-0.3, -0.25) is 4.79 Å². The van der Waals surface area contributed by atoms with Crippen LogP contribution in [-0.4, -0.2) is 32.2 Å². The van der Waals surface area contributed by atoms with Gasteiger partial charge in [-0.2, -0.15) is 11.3 Å². The molecule has 1 unspecified atom stereocenters. The fourth-order valence-corrected chi connectivity index (χ4v) is 3.33. The summed E-state index contributed by atoms with van der Waals surface area (Å²) in [6.07, 6.45) is 3.42. The Balaban J connectivity index is 1.61. The van der Waals surface area contributed by atoms with E-state index in [0.717, 1.165) is 37.4 Å². The van der Waals surface area contributed by atoms with Gasteiger partial charge in [0.2, 0.25) is 5.91 Å². The van der Waals surface area contributed by atoms with Gasteiger partial charge >= 0.3 is 0 Å². The average molecular weight is 342 g/mol. The molecule has 1 amide bonds. The molecule has 126 valence electrons. The maximum absolute atomic E-state index is 12.1. The minimum atomic E-state index is -0.0783. The number of carbonyl (C=O) groups excluding carboxylic acids is 1. The number of benzene rings is 1. The lowest BCUT2D eigenvalue weighted by Gasteiger charge is -2.29. The molecule has 5 heteroatoms. The SMILES string of the molecule is CC(NC(=O)C=Cc1ccsc1)c1cccc(N2CCOCC2)c1. The van der Waals surface area contributed by atoms with Gasteiger partial charge in [0.15, 0.2) is 0 Å². The van der Waals surface area contributed by atoms with Crippen LogP contribution >= 0.6 is 11.3 Å². The lowest BCUT2D eigenvalue weighted by atomic mass is 10.1. The summed E-state index contributed by atoms with van der Waals surface area (Å²) in [5.41, 5.74) is 3.35. The van der Waals surface area contributed by atoms with E-state index in [2.05, 4.69) is 28.4 Å². The molecule has 1 aliphatic rings. The monoisotopic (exact) mass is 342 g/mol. The van der Waals surface area contributed by atoms with Crippen LogP contribution in [0.25, 0.3) is 6.08 Å². The van der Waals surface area contributed by atoms with Crippen LogP contribution in [0.5, 0.6) is 0 Å². The van der Waals surface area contributed by atoms with Crippen LogP contribution in [0.2, 0.25) is 0 Å². The van der Waals surface area contributed by atoms with Crippen molar-refractivity contribution in [2.45, 2.75) is 13.0 Å². The highest BCUT2D eigenvalue weighted by Gasteiger charge is 2.13. The van der Waals surface area contributed by atoms with Gasteiger partial charge in [0.25, 0.3) is 0 Å². The lowest BCUT2D eigenvalue weighted by Crippen LogP contribution is -2.36. The van der Waals surface area contributed by atoms with Gasteiger partial charge in [-0.1, -0.05) is 12.1 Å². The van der Waals surface area contributed by atoms with Gasteiger partial charge in [-0.25, -0.2) is 0 Å². The molecule has 1 aromatic heterocycles. The Morgan fingerprint density at radius 2 is 2.17 bits per heavy atom. The zero-order valence-corrected chi connectivity index (χ0v) is 14.6. The van der Waals surface area contributed by atoms with Crippen LogP contribution in [0.4, 0.5) is 5.69 Å². The summed E-state index contributed by atoms with van der Waals surface area (Å²) in [7, 11) is 0. The smallest absolute Gasteiger partial charge is 0.244 e. The molecule has 1 fully saturated rings. The predicted molar refractivity (Wildman–Crippen MR) is 99.4 cm³/mol. The van der Waals surface area contributed by atoms with Crippen molar-refractivity contribution in [2.75, 3.05) is 31.2 Å². The summed E-state index contributed by atoms with van der Waals surface area (Å²) in [6.45, 7) is 5.36. The number of ether oxygens (including phenoxy) is 1. The van der Waals surface area contributed by atoms with E-state index in [4.69, 9.17) is 4.74 Å². The van der Waals surface area contributed by atoms with Crippen molar-refractivity contribution in [1.82, 2.24) is 5.32 Å². The normalized spacial score (nSPS) is 16.3. The van der Waals surface area contributed by atoms with Gasteiger partial charge < -0.3 is 15.0 Å². The van der Waals surface area contributed by atoms with Gasteiger partial charge in [-0.05, 0) is 53.1 Å². The summed E-state index contributed by atoms with van der Waals surface area (Å²) in [4.78, 5) is 14.4. The number of thiophene rings is 1. The molecule has 0 bridgehead atoms. The highest BCUT2D eigenvalue weighted by Crippen LogP contribution is 2.21. The third-order valence-electron chi connectivity index (χ3n) is 4.08. The van der Waals surface area contributed by atoms with Crippen molar-refractivity contribution in [3.05, 3.63) is 58.3 Å². The number of anilines is 1. The number of nitrogens with one attached hydrogen (secondary N) is 1. The molecule has 0 radical (unpaired) electrons. The van der Waals surface area contributed by atoms with E-state index in [1.807, 2.05) is 35.9 Å². The van der Waals surface area contributed by atoms with Gasteiger partial charge in [-0.15, -0.1) is 0 Å². The molecule has 1 N–H and O–H groups in total. The van der Waals surface area contributed by atoms with Crippen LogP contribution in [0.3, 0.4) is 0 Å². The third kappa shape index (κ3) is 4.46. The van der Waals surface area contributed by atoms with Crippen LogP contribution in [0.1, 0.15) is 24.1 Å². The molecule has 2 heterocycles. The first-order valence-electron chi connectivity index (χ1n) is 8.16. The van der Waals surface area contributed by atoms with Crippen LogP contribution in [0, 0.1) is 0 Å². The molecule has 3 rings (SSSR count). The molecule has 0 saturated carbocycles. The van der Waals surface area contributed by atoms with Crippen LogP contribution in [-0.2, 0) is 9.53 Å². The second-order valence-corrected chi connectivity index (χ2v) is 6.59. The van der Waals surface area contributed by atoms with E-state index in [-0.39, 0.29) is 11.9 Å². The molecule has 1 saturated heterocycles. The first-order valence-corrected chi connectivity index (χ1v) is 9.10. The number of carbonyl (C=O) groups is 1. The summed E-state index contributed by atoms with van der Waals surface area (Å²) in [6, 6.07) is 10.3. The first-order chi connectivity index (χ1) is 11.7. The summed E-state index contributed by atoms with van der Waals surface area (Å²) < 4.78 is 5.40. The molecular weight excluding hydrogens is 320 g/mol. The molecule has 4 nitrogen and oxygen atoms in total. The molecule has 2 aromatic rings. The van der Waals surface area contributed by atoms with Gasteiger partial charge in [0, 0.05) is 24.9 Å². The Labute approximate surface area is 146 Å². The van der Waals surface area contributed by atoms with Crippen LogP contribution in [0.15, 0.2) is 47.2 Å². The highest BCUT2D eigenvalue weighted by atomic mass is 32.1. The highest BCUT2D eigenvalue weighted by molar-refractivity contribution is 7.08. The van der Waals surface area contributed by atoms with Crippen LogP contribution < -0.4 is 10.2 Å². The van der Waals surface area contributed by atoms with E-state index >= 15 is 0 Å². The molecule has 24 heavy (non-hydrogen) atoms. The van der Waals surface area contributed by atoms with Crippen molar-refractivity contribution in [3.8, 4) is 0 Å². The standard InChI is InChI=1S/C19H22N2O2S/c1-15(20-19(22)6-5-16-7-12-24-14-16)17-3-2-4-18(13-17)21-8-10-23-11-9-21/h2-7,12-15H,8-11H2,1H3,(H,20,22). The molecule has 0 spiro atoms. The van der Waals surface area contributed by atoms with E-state index in [0.29, 0.717) is 0 Å². The zero-order valence-electron chi connectivity index (χ0n) is 13.8. The van der Waals surface area contributed by atoms with Crippen molar-refractivity contribution in [1.29, 1.82) is 0 Å². The second kappa shape index (κ2) is 8.13. The number of rotatable bonds is 5. The predicted octanol–water partition coefficient (Wildman–Crippen LogP) is 3.48. The molecule has 1 atom stereocenters. The van der Waals surface area contributed by atoms with E-state index in [9.17, 15) is 4.79 Å². The minimum Gasteiger partial charge on any atom is -0.378 e. The fourth-order valence-electron chi connectivity index (χ4n) is 2.70. The number of hydrogen-bond acceptors (Lipinski definition) is 4. The number of amides is 1. The summed E-state index contributed by atoms with van der Waals surface area (Å²) in [5.74, 6) is -0.0783. The molecule has 1 aliphatic heterocycles. The number of morpholine rings is 1. The van der Waals surface area contributed by atoms with Crippen molar-refractivity contribution >= 4 is 29.0 Å². The third-order valence-corrected chi connectivity index (χ3v) is 4.78. The first kappa shape index (κ1) is 16.7. The Morgan fingerprint density at radius 1 is 1.33 bits per heavy atom. The van der Waals surface area contributed by atoms with E-state index in [1.54, 1.807) is 17.4 Å². The zero-order chi connectivity index (χ0) is 16.8. The summed E-state index contributed by atoms with van der Waals surface area (Å²) >= 11 is 1.62. The lowest BCUT2D eigenvalue weighted by molar-refractivity contribution is -0.117. The quantitative estimate of drug-likeness (QED) is 0.846. The Kier molecular flexibility index (Phi) is 5.67. The molecule has 1 aromatic carbocycles. The molecular formula is C19H22N2O2S. The Morgan fingerprint density at radius 3 is 2.92 bits per heavy atom. The Hall–Kier alpha value is -2.11. The molecule has 0 aliphatic carbocycles. The second-order valence-electron chi connectivity index (χ2n) is 5.81. The van der Waals surface area contributed by atoms with E-state index < -0.39 is 0 Å².